The molecule has 0 heterocycles. The van der Waals surface area contributed by atoms with Crippen molar-refractivity contribution in [3.63, 3.8) is 0 Å². The first-order valence-electron chi connectivity index (χ1n) is 7.21. The highest BCUT2D eigenvalue weighted by Gasteiger charge is 2.23. The highest BCUT2D eigenvalue weighted by Crippen LogP contribution is 2.19. The van der Waals surface area contributed by atoms with Crippen LogP contribution in [0.5, 0.6) is 5.75 Å². The van der Waals surface area contributed by atoms with E-state index in [1.807, 2.05) is 30.3 Å². The van der Waals surface area contributed by atoms with Crippen molar-refractivity contribution in [3.05, 3.63) is 65.7 Å². The summed E-state index contributed by atoms with van der Waals surface area (Å²) in [7, 11) is 2.86. The molecule has 0 aromatic heterocycles. The molecule has 120 valence electrons. The molecule has 0 fully saturated rings. The molecule has 0 saturated heterocycles. The second kappa shape index (κ2) is 7.98. The number of methoxy groups -OCH3 is 2. The van der Waals surface area contributed by atoms with Crippen LogP contribution in [0.2, 0.25) is 0 Å². The second-order valence-electron chi connectivity index (χ2n) is 4.93. The zero-order chi connectivity index (χ0) is 16.7. The number of para-hydroxylation sites is 1. The Morgan fingerprint density at radius 1 is 1.00 bits per heavy atom. The van der Waals surface area contributed by atoms with Crippen LogP contribution in [0.1, 0.15) is 15.9 Å². The summed E-state index contributed by atoms with van der Waals surface area (Å²) in [4.78, 5) is 24.3. The smallest absolute Gasteiger partial charge is 0.328 e. The number of ether oxygens (including phenoxy) is 2. The number of esters is 1. The van der Waals surface area contributed by atoms with E-state index in [4.69, 9.17) is 9.47 Å². The molecule has 0 aliphatic heterocycles. The summed E-state index contributed by atoms with van der Waals surface area (Å²) in [6.45, 7) is 0. The quantitative estimate of drug-likeness (QED) is 0.831. The molecule has 0 saturated carbocycles. The maximum Gasteiger partial charge on any atom is 0.328 e. The molecule has 2 aromatic carbocycles. The molecule has 1 N–H and O–H groups in total. The van der Waals surface area contributed by atoms with Gasteiger partial charge in [0.05, 0.1) is 14.2 Å². The number of carbonyl (C=O) groups is 2. The number of benzene rings is 2. The molecule has 0 aliphatic rings. The summed E-state index contributed by atoms with van der Waals surface area (Å²) in [5, 5.41) is 2.71. The number of hydrogen-bond donors (Lipinski definition) is 1. The largest absolute Gasteiger partial charge is 0.496 e. The van der Waals surface area contributed by atoms with Crippen molar-refractivity contribution in [1.29, 1.82) is 0 Å². The maximum atomic E-state index is 12.3. The van der Waals surface area contributed by atoms with E-state index in [0.29, 0.717) is 11.3 Å². The third kappa shape index (κ3) is 4.32. The maximum absolute atomic E-state index is 12.3. The molecule has 2 rings (SSSR count). The van der Waals surface area contributed by atoms with Gasteiger partial charge in [-0.25, -0.2) is 4.79 Å². The van der Waals surface area contributed by atoms with Gasteiger partial charge in [0.2, 0.25) is 0 Å². The van der Waals surface area contributed by atoms with Crippen molar-refractivity contribution in [1.82, 2.24) is 5.32 Å². The molecule has 0 bridgehead atoms. The van der Waals surface area contributed by atoms with Crippen molar-refractivity contribution in [2.75, 3.05) is 14.2 Å². The molecule has 5 heteroatoms. The van der Waals surface area contributed by atoms with Gasteiger partial charge >= 0.3 is 5.97 Å². The lowest BCUT2D eigenvalue weighted by Gasteiger charge is -2.18. The van der Waals surface area contributed by atoms with Crippen LogP contribution in [0, 0.1) is 0 Å². The average Bonchev–Trinajstić information content (AvgIpc) is 2.61. The van der Waals surface area contributed by atoms with Gasteiger partial charge < -0.3 is 14.8 Å². The predicted octanol–water partition coefficient (Wildman–Crippen LogP) is 2.21. The van der Waals surface area contributed by atoms with Crippen LogP contribution in [0.25, 0.3) is 0 Å². The summed E-state index contributed by atoms with van der Waals surface area (Å²) < 4.78 is 10.1. The lowest BCUT2D eigenvalue weighted by Crippen LogP contribution is -2.43. The van der Waals surface area contributed by atoms with E-state index < -0.39 is 12.0 Å². The Balaban J connectivity index is 2.17. The third-order valence-corrected chi connectivity index (χ3v) is 3.44. The van der Waals surface area contributed by atoms with Gasteiger partial charge in [-0.2, -0.15) is 0 Å². The van der Waals surface area contributed by atoms with Crippen LogP contribution in [0.3, 0.4) is 0 Å². The van der Waals surface area contributed by atoms with Crippen molar-refractivity contribution < 1.29 is 19.1 Å². The minimum Gasteiger partial charge on any atom is -0.496 e. The fourth-order valence-electron chi connectivity index (χ4n) is 2.26. The first-order valence-corrected chi connectivity index (χ1v) is 7.21. The fraction of sp³-hybridized carbons (Fsp3) is 0.222. The Bertz CT molecular complexity index is 670. The molecule has 0 aliphatic carbocycles. The predicted molar refractivity (Wildman–Crippen MR) is 86.4 cm³/mol. The molecule has 2 aromatic rings. The van der Waals surface area contributed by atoms with Gasteiger partial charge in [0, 0.05) is 12.0 Å². The Kier molecular flexibility index (Phi) is 5.74. The van der Waals surface area contributed by atoms with Crippen molar-refractivity contribution in [2.45, 2.75) is 12.5 Å². The Morgan fingerprint density at radius 3 is 2.30 bits per heavy atom. The zero-order valence-electron chi connectivity index (χ0n) is 13.1. The minimum atomic E-state index is -0.788. The van der Waals surface area contributed by atoms with Gasteiger partial charge in [-0.15, -0.1) is 0 Å². The van der Waals surface area contributed by atoms with Crippen LogP contribution in [-0.4, -0.2) is 32.1 Å². The minimum absolute atomic E-state index is 0.287. The monoisotopic (exact) mass is 313 g/mol. The van der Waals surface area contributed by atoms with Crippen molar-refractivity contribution >= 4 is 11.9 Å². The van der Waals surface area contributed by atoms with Gasteiger partial charge in [-0.1, -0.05) is 36.4 Å². The van der Waals surface area contributed by atoms with E-state index in [-0.39, 0.29) is 12.3 Å². The molecule has 0 unspecified atom stereocenters. The number of nitrogens with one attached hydrogen (secondary N) is 1. The first kappa shape index (κ1) is 16.5. The first-order chi connectivity index (χ1) is 11.2. The molecular weight excluding hydrogens is 294 g/mol. The number of amides is 1. The van der Waals surface area contributed by atoms with Crippen molar-refractivity contribution in [2.24, 2.45) is 0 Å². The summed E-state index contributed by atoms with van der Waals surface area (Å²) in [5.41, 5.74) is 1.31. The van der Waals surface area contributed by atoms with Gasteiger partial charge in [-0.05, 0) is 23.8 Å². The highest BCUT2D eigenvalue weighted by atomic mass is 16.5. The lowest BCUT2D eigenvalue weighted by atomic mass is 10.0. The molecular formula is C18H19NO4. The molecule has 0 spiro atoms. The Labute approximate surface area is 135 Å². The van der Waals surface area contributed by atoms with Crippen molar-refractivity contribution in [3.8, 4) is 5.75 Å². The Hall–Kier alpha value is -2.82. The van der Waals surface area contributed by atoms with Crippen LogP contribution in [-0.2, 0) is 16.0 Å². The molecule has 1 atom stereocenters. The summed E-state index contributed by atoms with van der Waals surface area (Å²) in [5.74, 6) is -0.161. The fourth-order valence-corrected chi connectivity index (χ4v) is 2.26. The summed E-state index contributed by atoms with van der Waals surface area (Å²) in [6, 6.07) is 15.3. The number of rotatable bonds is 6. The van der Waals surface area contributed by atoms with E-state index in [9.17, 15) is 9.59 Å². The second-order valence-corrected chi connectivity index (χ2v) is 4.93. The normalized spacial score (nSPS) is 11.4. The van der Waals surface area contributed by atoms with Crippen LogP contribution >= 0.6 is 0 Å². The highest BCUT2D eigenvalue weighted by molar-refractivity contribution is 5.96. The van der Waals surface area contributed by atoms with Gasteiger partial charge in [0.25, 0.3) is 5.91 Å². The summed E-state index contributed by atoms with van der Waals surface area (Å²) >= 11 is 0. The molecule has 23 heavy (non-hydrogen) atoms. The van der Waals surface area contributed by atoms with Crippen LogP contribution in [0.4, 0.5) is 0 Å². The van der Waals surface area contributed by atoms with E-state index in [0.717, 1.165) is 5.56 Å². The van der Waals surface area contributed by atoms with Gasteiger partial charge in [0.15, 0.2) is 0 Å². The van der Waals surface area contributed by atoms with Crippen LogP contribution in [0.15, 0.2) is 54.6 Å². The lowest BCUT2D eigenvalue weighted by molar-refractivity contribution is -0.142. The molecule has 1 amide bonds. The SMILES string of the molecule is COC(=O)[C@H](Cc1ccccc1OC)NC(=O)c1ccccc1. The van der Waals surface area contributed by atoms with Gasteiger partial charge in [-0.3, -0.25) is 4.79 Å². The van der Waals surface area contributed by atoms with E-state index in [2.05, 4.69) is 5.32 Å². The third-order valence-electron chi connectivity index (χ3n) is 3.44. The van der Waals surface area contributed by atoms with E-state index >= 15 is 0 Å². The number of hydrogen-bond acceptors (Lipinski definition) is 4. The van der Waals surface area contributed by atoms with E-state index in [1.165, 1.54) is 7.11 Å². The average molecular weight is 313 g/mol. The standard InChI is InChI=1S/C18H19NO4/c1-22-16-11-7-6-10-14(16)12-15(18(21)23-2)19-17(20)13-8-4-3-5-9-13/h3-11,15H,12H2,1-2H3,(H,19,20)/t15-/m0/s1. The summed E-state index contributed by atoms with van der Waals surface area (Å²) in [6.07, 6.45) is 0.287. The topological polar surface area (TPSA) is 64.6 Å². The molecule has 0 radical (unpaired) electrons. The van der Waals surface area contributed by atoms with Crippen LogP contribution < -0.4 is 10.1 Å². The number of carbonyl (C=O) groups excluding carboxylic acids is 2. The van der Waals surface area contributed by atoms with Gasteiger partial charge in [0.1, 0.15) is 11.8 Å². The zero-order valence-corrected chi connectivity index (χ0v) is 13.1. The van der Waals surface area contributed by atoms with E-state index in [1.54, 1.807) is 31.4 Å². The Morgan fingerprint density at radius 2 is 1.65 bits per heavy atom. The molecule has 5 nitrogen and oxygen atoms in total.